The van der Waals surface area contributed by atoms with Crippen LogP contribution in [0, 0.1) is 5.82 Å². The van der Waals surface area contributed by atoms with Crippen molar-refractivity contribution in [3.8, 4) is 5.75 Å². The van der Waals surface area contributed by atoms with Gasteiger partial charge in [-0.1, -0.05) is 6.07 Å². The third kappa shape index (κ3) is 2.73. The lowest BCUT2D eigenvalue weighted by Gasteiger charge is -2.12. The summed E-state index contributed by atoms with van der Waals surface area (Å²) < 4.78 is 18.9. The van der Waals surface area contributed by atoms with E-state index in [0.717, 1.165) is 18.4 Å². The molecule has 0 spiro atoms. The summed E-state index contributed by atoms with van der Waals surface area (Å²) in [7, 11) is 0. The van der Waals surface area contributed by atoms with Crippen LogP contribution in [0.4, 0.5) is 4.39 Å². The standard InChI is InChI=1S/C13H17FO2/c1-9(2)16-12-4-3-10(7-11(12)14)8-13(15)5-6-13/h3-4,7,9,15H,5-6,8H2,1-2H3. The summed E-state index contributed by atoms with van der Waals surface area (Å²) in [6, 6.07) is 4.90. The number of aliphatic hydroxyl groups is 1. The number of hydrogen-bond acceptors (Lipinski definition) is 2. The zero-order chi connectivity index (χ0) is 11.8. The van der Waals surface area contributed by atoms with E-state index in [9.17, 15) is 9.50 Å². The quantitative estimate of drug-likeness (QED) is 0.852. The Morgan fingerprint density at radius 2 is 2.12 bits per heavy atom. The fraction of sp³-hybridized carbons (Fsp3) is 0.538. The molecule has 0 unspecified atom stereocenters. The molecule has 1 aromatic rings. The molecule has 0 aromatic heterocycles. The van der Waals surface area contributed by atoms with E-state index in [-0.39, 0.29) is 17.7 Å². The van der Waals surface area contributed by atoms with Crippen molar-refractivity contribution in [1.82, 2.24) is 0 Å². The first-order chi connectivity index (χ1) is 7.48. The second-order valence-corrected chi connectivity index (χ2v) is 4.83. The zero-order valence-electron chi connectivity index (χ0n) is 9.66. The summed E-state index contributed by atoms with van der Waals surface area (Å²) in [5.41, 5.74) is 0.251. The Bertz CT molecular complexity index is 384. The Labute approximate surface area is 95.1 Å². The predicted molar refractivity (Wildman–Crippen MR) is 60.1 cm³/mol. The molecule has 16 heavy (non-hydrogen) atoms. The topological polar surface area (TPSA) is 29.5 Å². The van der Waals surface area contributed by atoms with Crippen molar-refractivity contribution in [2.45, 2.75) is 44.8 Å². The minimum atomic E-state index is -0.577. The van der Waals surface area contributed by atoms with Gasteiger partial charge in [-0.3, -0.25) is 0 Å². The van der Waals surface area contributed by atoms with E-state index in [2.05, 4.69) is 0 Å². The van der Waals surface area contributed by atoms with Crippen LogP contribution in [0.5, 0.6) is 5.75 Å². The molecular weight excluding hydrogens is 207 g/mol. The van der Waals surface area contributed by atoms with Gasteiger partial charge in [0.2, 0.25) is 0 Å². The molecule has 1 saturated carbocycles. The molecule has 0 bridgehead atoms. The molecule has 0 aliphatic heterocycles. The van der Waals surface area contributed by atoms with E-state index in [4.69, 9.17) is 4.74 Å². The average Bonchev–Trinajstić information content (AvgIpc) is 2.88. The first kappa shape index (κ1) is 11.4. The van der Waals surface area contributed by atoms with Crippen LogP contribution in [-0.4, -0.2) is 16.8 Å². The normalized spacial score (nSPS) is 17.6. The Balaban J connectivity index is 2.09. The van der Waals surface area contributed by atoms with Crippen LogP contribution >= 0.6 is 0 Å². The van der Waals surface area contributed by atoms with Gasteiger partial charge in [-0.25, -0.2) is 4.39 Å². The Morgan fingerprint density at radius 3 is 2.62 bits per heavy atom. The molecule has 3 heteroatoms. The van der Waals surface area contributed by atoms with Gasteiger partial charge in [0, 0.05) is 6.42 Å². The van der Waals surface area contributed by atoms with Crippen molar-refractivity contribution in [3.05, 3.63) is 29.6 Å². The summed E-state index contributed by atoms with van der Waals surface area (Å²) in [5, 5.41) is 9.73. The largest absolute Gasteiger partial charge is 0.488 e. The molecule has 1 aliphatic rings. The monoisotopic (exact) mass is 224 g/mol. The Hall–Kier alpha value is -1.09. The highest BCUT2D eigenvalue weighted by Gasteiger charge is 2.40. The SMILES string of the molecule is CC(C)Oc1ccc(CC2(O)CC2)cc1F. The highest BCUT2D eigenvalue weighted by molar-refractivity contribution is 5.31. The van der Waals surface area contributed by atoms with Gasteiger partial charge in [0.1, 0.15) is 0 Å². The third-order valence-electron chi connectivity index (χ3n) is 2.72. The first-order valence-electron chi connectivity index (χ1n) is 5.66. The maximum atomic E-state index is 13.6. The van der Waals surface area contributed by atoms with Crippen LogP contribution in [0.3, 0.4) is 0 Å². The highest BCUT2D eigenvalue weighted by atomic mass is 19.1. The molecule has 88 valence electrons. The molecule has 1 fully saturated rings. The third-order valence-corrected chi connectivity index (χ3v) is 2.72. The van der Waals surface area contributed by atoms with Crippen molar-refractivity contribution in [3.63, 3.8) is 0 Å². The van der Waals surface area contributed by atoms with Crippen molar-refractivity contribution >= 4 is 0 Å². The number of benzene rings is 1. The number of rotatable bonds is 4. The van der Waals surface area contributed by atoms with Crippen LogP contribution in [0.1, 0.15) is 32.3 Å². The molecule has 2 nitrogen and oxygen atoms in total. The highest BCUT2D eigenvalue weighted by Crippen LogP contribution is 2.38. The summed E-state index contributed by atoms with van der Waals surface area (Å²) in [5.74, 6) is -0.0722. The maximum Gasteiger partial charge on any atom is 0.165 e. The molecular formula is C13H17FO2. The molecule has 0 saturated heterocycles. The van der Waals surface area contributed by atoms with E-state index in [1.165, 1.54) is 6.07 Å². The van der Waals surface area contributed by atoms with Gasteiger partial charge in [0.25, 0.3) is 0 Å². The van der Waals surface area contributed by atoms with Crippen molar-refractivity contribution in [2.75, 3.05) is 0 Å². The molecule has 1 aromatic carbocycles. The molecule has 0 atom stereocenters. The summed E-state index contributed by atoms with van der Waals surface area (Å²) in [6.45, 7) is 3.72. The predicted octanol–water partition coefficient (Wildman–Crippen LogP) is 2.68. The second kappa shape index (κ2) is 4.06. The number of halogens is 1. The smallest absolute Gasteiger partial charge is 0.165 e. The molecule has 0 radical (unpaired) electrons. The zero-order valence-corrected chi connectivity index (χ0v) is 9.66. The number of ether oxygens (including phenoxy) is 1. The van der Waals surface area contributed by atoms with Crippen LogP contribution in [0.2, 0.25) is 0 Å². The van der Waals surface area contributed by atoms with E-state index in [0.29, 0.717) is 6.42 Å². The maximum absolute atomic E-state index is 13.6. The number of hydrogen-bond donors (Lipinski definition) is 1. The Morgan fingerprint density at radius 1 is 1.44 bits per heavy atom. The van der Waals surface area contributed by atoms with E-state index < -0.39 is 5.60 Å². The van der Waals surface area contributed by atoms with E-state index in [1.54, 1.807) is 6.07 Å². The van der Waals surface area contributed by atoms with Crippen LogP contribution in [0.15, 0.2) is 18.2 Å². The van der Waals surface area contributed by atoms with Gasteiger partial charge >= 0.3 is 0 Å². The van der Waals surface area contributed by atoms with Gasteiger partial charge in [0.05, 0.1) is 11.7 Å². The van der Waals surface area contributed by atoms with Crippen molar-refractivity contribution in [2.24, 2.45) is 0 Å². The lowest BCUT2D eigenvalue weighted by Crippen LogP contribution is -2.11. The van der Waals surface area contributed by atoms with Crippen LogP contribution < -0.4 is 4.74 Å². The molecule has 1 N–H and O–H groups in total. The van der Waals surface area contributed by atoms with Gasteiger partial charge < -0.3 is 9.84 Å². The summed E-state index contributed by atoms with van der Waals surface area (Å²) >= 11 is 0. The first-order valence-corrected chi connectivity index (χ1v) is 5.66. The average molecular weight is 224 g/mol. The minimum Gasteiger partial charge on any atom is -0.488 e. The van der Waals surface area contributed by atoms with Crippen molar-refractivity contribution in [1.29, 1.82) is 0 Å². The fourth-order valence-electron chi connectivity index (χ4n) is 1.70. The lowest BCUT2D eigenvalue weighted by atomic mass is 10.1. The van der Waals surface area contributed by atoms with Gasteiger partial charge in [-0.15, -0.1) is 0 Å². The lowest BCUT2D eigenvalue weighted by molar-refractivity contribution is 0.150. The van der Waals surface area contributed by atoms with Crippen LogP contribution in [-0.2, 0) is 6.42 Å². The molecule has 0 amide bonds. The van der Waals surface area contributed by atoms with Gasteiger partial charge in [0.15, 0.2) is 11.6 Å². The molecule has 2 rings (SSSR count). The van der Waals surface area contributed by atoms with E-state index >= 15 is 0 Å². The summed E-state index contributed by atoms with van der Waals surface area (Å²) in [4.78, 5) is 0. The van der Waals surface area contributed by atoms with Gasteiger partial charge in [-0.2, -0.15) is 0 Å². The molecule has 0 heterocycles. The minimum absolute atomic E-state index is 0.0343. The molecule has 1 aliphatic carbocycles. The Kier molecular flexibility index (Phi) is 2.89. The van der Waals surface area contributed by atoms with Crippen molar-refractivity contribution < 1.29 is 14.2 Å². The summed E-state index contributed by atoms with van der Waals surface area (Å²) in [6.07, 6.45) is 2.14. The van der Waals surface area contributed by atoms with Gasteiger partial charge in [-0.05, 0) is 44.4 Å². The fourth-order valence-corrected chi connectivity index (χ4v) is 1.70. The van der Waals surface area contributed by atoms with E-state index in [1.807, 2.05) is 19.9 Å². The van der Waals surface area contributed by atoms with Crippen LogP contribution in [0.25, 0.3) is 0 Å². The second-order valence-electron chi connectivity index (χ2n) is 4.83.